The number of thioether (sulfide) groups is 1. The first kappa shape index (κ1) is 19.6. The summed E-state index contributed by atoms with van der Waals surface area (Å²) in [6, 6.07) is 4.90. The van der Waals surface area contributed by atoms with Gasteiger partial charge >= 0.3 is 0 Å². The van der Waals surface area contributed by atoms with Crippen LogP contribution in [0.25, 0.3) is 6.08 Å². The van der Waals surface area contributed by atoms with Gasteiger partial charge in [0.15, 0.2) is 5.62 Å². The van der Waals surface area contributed by atoms with E-state index >= 15 is 0 Å². The van der Waals surface area contributed by atoms with Crippen molar-refractivity contribution in [3.8, 4) is 0 Å². The van der Waals surface area contributed by atoms with E-state index in [1.165, 1.54) is 15.4 Å². The number of rotatable bonds is 8. The van der Waals surface area contributed by atoms with Gasteiger partial charge in [-0.3, -0.25) is 9.59 Å². The van der Waals surface area contributed by atoms with Crippen molar-refractivity contribution in [1.82, 2.24) is 9.21 Å². The third-order valence-corrected chi connectivity index (χ3v) is 6.46. The van der Waals surface area contributed by atoms with E-state index in [9.17, 15) is 18.0 Å². The third-order valence-electron chi connectivity index (χ3n) is 3.95. The molecule has 1 aliphatic heterocycles. The van der Waals surface area contributed by atoms with E-state index in [4.69, 9.17) is 5.73 Å². The smallest absolute Gasteiger partial charge is 0.243 e. The number of nitrogens with zero attached hydrogens (tertiary/aromatic N) is 2. The number of carbonyl (C=O) groups is 2. The van der Waals surface area contributed by atoms with Crippen molar-refractivity contribution in [3.63, 3.8) is 0 Å². The Morgan fingerprint density at radius 2 is 2.16 bits per heavy atom. The number of benzene rings is 1. The molecule has 1 aliphatic rings. The van der Waals surface area contributed by atoms with Crippen LogP contribution in [-0.4, -0.2) is 54.7 Å². The zero-order valence-corrected chi connectivity index (χ0v) is 15.5. The molecule has 1 atom stereocenters. The Morgan fingerprint density at radius 1 is 1.40 bits per heavy atom. The average molecular weight is 383 g/mol. The van der Waals surface area contributed by atoms with Crippen LogP contribution in [0.3, 0.4) is 0 Å². The van der Waals surface area contributed by atoms with Gasteiger partial charge in [-0.15, -0.1) is 0 Å². The van der Waals surface area contributed by atoms with Gasteiger partial charge < -0.3 is 10.6 Å². The van der Waals surface area contributed by atoms with E-state index in [0.29, 0.717) is 37.1 Å². The predicted octanol–water partition coefficient (Wildman–Crippen LogP) is 1.03. The first-order valence-corrected chi connectivity index (χ1v) is 10.2. The van der Waals surface area contributed by atoms with Crippen LogP contribution in [0.1, 0.15) is 17.5 Å². The molecule has 1 aromatic rings. The van der Waals surface area contributed by atoms with Gasteiger partial charge in [0.1, 0.15) is 0 Å². The molecule has 136 valence electrons. The van der Waals surface area contributed by atoms with E-state index in [-0.39, 0.29) is 16.8 Å². The molecule has 1 fully saturated rings. The lowest BCUT2D eigenvalue weighted by Gasteiger charge is -2.19. The normalized spacial score (nSPS) is 18.6. The molecule has 1 heterocycles. The molecule has 0 saturated carbocycles. The summed E-state index contributed by atoms with van der Waals surface area (Å²) < 4.78 is 27.3. The molecule has 0 aromatic heterocycles. The number of aryl methyl sites for hydroxylation is 1. The second kappa shape index (κ2) is 8.61. The summed E-state index contributed by atoms with van der Waals surface area (Å²) in [5, 5.41) is 0. The molecule has 1 unspecified atom stereocenters. The van der Waals surface area contributed by atoms with Crippen LogP contribution in [-0.2, 0) is 19.6 Å². The maximum Gasteiger partial charge on any atom is 0.243 e. The van der Waals surface area contributed by atoms with Gasteiger partial charge in [-0.25, -0.2) is 8.42 Å². The summed E-state index contributed by atoms with van der Waals surface area (Å²) >= 11 is 0.933. The predicted molar refractivity (Wildman–Crippen MR) is 98.7 cm³/mol. The van der Waals surface area contributed by atoms with Gasteiger partial charge in [0.05, 0.1) is 10.8 Å². The fraction of sp³-hybridized carbons (Fsp3) is 0.375. The van der Waals surface area contributed by atoms with Crippen molar-refractivity contribution in [3.05, 3.63) is 35.5 Å². The Hall–Kier alpha value is -1.68. The number of hydrogen-bond acceptors (Lipinski definition) is 6. The monoisotopic (exact) mass is 383 g/mol. The number of sulfonamides is 1. The first-order chi connectivity index (χ1) is 11.9. The Labute approximate surface area is 151 Å². The van der Waals surface area contributed by atoms with E-state index < -0.39 is 10.0 Å². The van der Waals surface area contributed by atoms with Crippen LogP contribution in [0.2, 0.25) is 0 Å². The summed E-state index contributed by atoms with van der Waals surface area (Å²) in [7, 11) is -3.66. The summed E-state index contributed by atoms with van der Waals surface area (Å²) in [6.45, 7) is 2.51. The lowest BCUT2D eigenvalue weighted by Crippen LogP contribution is -2.32. The van der Waals surface area contributed by atoms with Crippen LogP contribution in [0, 0.1) is 6.92 Å². The molecule has 2 rings (SSSR count). The third kappa shape index (κ3) is 4.69. The summed E-state index contributed by atoms with van der Waals surface area (Å²) in [5.41, 5.74) is 7.77. The van der Waals surface area contributed by atoms with Gasteiger partial charge in [0, 0.05) is 25.3 Å². The molecule has 0 spiro atoms. The van der Waals surface area contributed by atoms with Crippen LogP contribution in [0.4, 0.5) is 0 Å². The van der Waals surface area contributed by atoms with Crippen molar-refractivity contribution in [2.24, 2.45) is 5.73 Å². The first-order valence-electron chi connectivity index (χ1n) is 7.70. The van der Waals surface area contributed by atoms with Gasteiger partial charge in [-0.2, -0.15) is 4.31 Å². The second-order valence-electron chi connectivity index (χ2n) is 5.73. The van der Waals surface area contributed by atoms with E-state index in [0.717, 1.165) is 17.3 Å². The maximum atomic E-state index is 12.9. The quantitative estimate of drug-likeness (QED) is 0.531. The summed E-state index contributed by atoms with van der Waals surface area (Å²) in [5.74, 6) is 0.165. The molecule has 0 radical (unpaired) electrons. The largest absolute Gasteiger partial charge is 0.326 e. The second-order valence-corrected chi connectivity index (χ2v) is 8.42. The molecule has 1 amide bonds. The van der Waals surface area contributed by atoms with E-state index in [2.05, 4.69) is 0 Å². The zero-order valence-electron chi connectivity index (χ0n) is 13.9. The van der Waals surface area contributed by atoms with Crippen LogP contribution >= 0.6 is 11.8 Å². The van der Waals surface area contributed by atoms with E-state index in [1.807, 2.05) is 0 Å². The lowest BCUT2D eigenvalue weighted by molar-refractivity contribution is -0.115. The molecular weight excluding hydrogens is 362 g/mol. The minimum absolute atomic E-state index is 0.149. The molecule has 9 heteroatoms. The van der Waals surface area contributed by atoms with Crippen molar-refractivity contribution < 1.29 is 18.0 Å². The standard InChI is InChI=1S/C16H21N3O4S2/c1-13-3-2-4-16(25(22,23)19-8-5-14(17)9-19)15(13)6-7-18(10-20)11-24-12-21/h2-4,6-7,10,12,14H,5,8-9,11,17H2,1H3/b7-6-. The number of amides is 1. The molecule has 0 bridgehead atoms. The summed E-state index contributed by atoms with van der Waals surface area (Å²) in [4.78, 5) is 22.9. The van der Waals surface area contributed by atoms with Crippen LogP contribution < -0.4 is 5.73 Å². The van der Waals surface area contributed by atoms with Crippen molar-refractivity contribution in [2.75, 3.05) is 19.0 Å². The molecule has 1 saturated heterocycles. The Bertz CT molecular complexity index is 765. The van der Waals surface area contributed by atoms with Crippen LogP contribution in [0.5, 0.6) is 0 Å². The highest BCUT2D eigenvalue weighted by Gasteiger charge is 2.32. The molecule has 7 nitrogen and oxygen atoms in total. The Balaban J connectivity index is 2.36. The molecule has 2 N–H and O–H groups in total. The zero-order chi connectivity index (χ0) is 18.4. The van der Waals surface area contributed by atoms with Crippen molar-refractivity contribution >= 4 is 39.9 Å². The van der Waals surface area contributed by atoms with Crippen molar-refractivity contribution in [2.45, 2.75) is 24.3 Å². The van der Waals surface area contributed by atoms with Gasteiger partial charge in [-0.1, -0.05) is 23.9 Å². The minimum Gasteiger partial charge on any atom is -0.326 e. The van der Waals surface area contributed by atoms with Crippen molar-refractivity contribution in [1.29, 1.82) is 0 Å². The fourth-order valence-corrected chi connectivity index (χ4v) is 4.75. The molecular formula is C16H21N3O4S2. The highest BCUT2D eigenvalue weighted by molar-refractivity contribution is 8.11. The van der Waals surface area contributed by atoms with Gasteiger partial charge in [0.25, 0.3) is 0 Å². The highest BCUT2D eigenvalue weighted by Crippen LogP contribution is 2.26. The van der Waals surface area contributed by atoms with Gasteiger partial charge in [-0.05, 0) is 36.6 Å². The lowest BCUT2D eigenvalue weighted by atomic mass is 10.1. The number of nitrogens with two attached hydrogens (primary N) is 1. The summed E-state index contributed by atoms with van der Waals surface area (Å²) in [6.07, 6.45) is 4.27. The maximum absolute atomic E-state index is 12.9. The van der Waals surface area contributed by atoms with E-state index in [1.54, 1.807) is 31.2 Å². The average Bonchev–Trinajstić information content (AvgIpc) is 3.03. The SMILES string of the molecule is Cc1cccc(S(=O)(=O)N2CCC(N)C2)c1/C=C\N(C=O)CSC=O. The minimum atomic E-state index is -3.66. The number of hydrogen-bond donors (Lipinski definition) is 1. The Kier molecular flexibility index (Phi) is 6.77. The van der Waals surface area contributed by atoms with Gasteiger partial charge in [0.2, 0.25) is 16.4 Å². The Morgan fingerprint density at radius 3 is 2.76 bits per heavy atom. The topological polar surface area (TPSA) is 101 Å². The molecule has 25 heavy (non-hydrogen) atoms. The fourth-order valence-electron chi connectivity index (χ4n) is 2.60. The molecule has 1 aromatic carbocycles. The highest BCUT2D eigenvalue weighted by atomic mass is 32.2. The molecule has 0 aliphatic carbocycles. The van der Waals surface area contributed by atoms with Crippen LogP contribution in [0.15, 0.2) is 29.3 Å². The number of carbonyl (C=O) groups excluding carboxylic acids is 2.